The monoisotopic (exact) mass is 281 g/mol. The molecule has 108 valence electrons. The number of anilines is 2. The third-order valence-corrected chi connectivity index (χ3v) is 3.47. The molecular weight excluding hydrogens is 262 g/mol. The molecule has 0 unspecified atom stereocenters. The largest absolute Gasteiger partial charge is 0.399 e. The van der Waals surface area contributed by atoms with Crippen LogP contribution in [0.15, 0.2) is 36.4 Å². The Kier molecular flexibility index (Phi) is 3.48. The molecule has 0 bridgehead atoms. The summed E-state index contributed by atoms with van der Waals surface area (Å²) in [5, 5.41) is 0. The number of nitrogens with two attached hydrogens (primary N) is 1. The van der Waals surface area contributed by atoms with Crippen LogP contribution in [-0.2, 0) is 12.8 Å². The Balaban J connectivity index is 1.76. The highest BCUT2D eigenvalue weighted by molar-refractivity contribution is 5.73. The van der Waals surface area contributed by atoms with Gasteiger partial charge in [0.25, 0.3) is 0 Å². The van der Waals surface area contributed by atoms with Crippen molar-refractivity contribution in [3.8, 4) is 0 Å². The van der Waals surface area contributed by atoms with Gasteiger partial charge in [-0.25, -0.2) is 9.97 Å². The maximum Gasteiger partial charge on any atom is 0.179 e. The molecule has 2 aromatic heterocycles. The number of nitrogen functional groups attached to an aromatic ring is 1. The lowest BCUT2D eigenvalue weighted by molar-refractivity contribution is 0.889. The Labute approximate surface area is 123 Å². The Bertz CT molecular complexity index is 743. The summed E-state index contributed by atoms with van der Waals surface area (Å²) in [6.45, 7) is 0. The summed E-state index contributed by atoms with van der Waals surface area (Å²) in [7, 11) is 3.95. The van der Waals surface area contributed by atoms with Gasteiger partial charge in [0.15, 0.2) is 5.65 Å². The minimum atomic E-state index is 0.772. The van der Waals surface area contributed by atoms with Crippen molar-refractivity contribution < 1.29 is 0 Å². The molecule has 0 aliphatic carbocycles. The van der Waals surface area contributed by atoms with E-state index in [4.69, 9.17) is 5.73 Å². The van der Waals surface area contributed by atoms with E-state index >= 15 is 0 Å². The zero-order chi connectivity index (χ0) is 14.8. The molecule has 2 heterocycles. The summed E-state index contributed by atoms with van der Waals surface area (Å²) in [6, 6.07) is 12.0. The summed E-state index contributed by atoms with van der Waals surface area (Å²) in [4.78, 5) is 14.4. The van der Waals surface area contributed by atoms with E-state index in [1.807, 2.05) is 43.3 Å². The minimum absolute atomic E-state index is 0.772. The lowest BCUT2D eigenvalue weighted by atomic mass is 10.1. The van der Waals surface area contributed by atoms with Gasteiger partial charge < -0.3 is 15.6 Å². The predicted octanol–water partition coefficient (Wildman–Crippen LogP) is 2.39. The molecule has 0 saturated carbocycles. The van der Waals surface area contributed by atoms with Crippen molar-refractivity contribution in [2.45, 2.75) is 12.8 Å². The highest BCUT2D eigenvalue weighted by atomic mass is 15.1. The lowest BCUT2D eigenvalue weighted by Crippen LogP contribution is -2.10. The molecule has 3 N–H and O–H groups in total. The summed E-state index contributed by atoms with van der Waals surface area (Å²) in [6.07, 6.45) is 1.79. The van der Waals surface area contributed by atoms with E-state index in [1.54, 1.807) is 0 Å². The molecule has 3 rings (SSSR count). The number of nitrogens with one attached hydrogen (secondary N) is 1. The van der Waals surface area contributed by atoms with E-state index < -0.39 is 0 Å². The number of fused-ring (bicyclic) bond motifs is 1. The average molecular weight is 281 g/mol. The second-order valence-electron chi connectivity index (χ2n) is 5.36. The number of aromatic nitrogens is 3. The summed E-state index contributed by atoms with van der Waals surface area (Å²) >= 11 is 0. The second-order valence-corrected chi connectivity index (χ2v) is 5.36. The third kappa shape index (κ3) is 2.97. The molecule has 5 heteroatoms. The van der Waals surface area contributed by atoms with Gasteiger partial charge >= 0.3 is 0 Å². The molecule has 3 aromatic rings. The maximum atomic E-state index is 5.69. The molecule has 0 spiro atoms. The minimum Gasteiger partial charge on any atom is -0.399 e. The van der Waals surface area contributed by atoms with Crippen LogP contribution in [0.25, 0.3) is 11.2 Å². The number of benzene rings is 1. The highest BCUT2D eigenvalue weighted by Gasteiger charge is 2.06. The summed E-state index contributed by atoms with van der Waals surface area (Å²) < 4.78 is 0. The zero-order valence-electron chi connectivity index (χ0n) is 12.3. The van der Waals surface area contributed by atoms with Crippen LogP contribution in [0.3, 0.4) is 0 Å². The topological polar surface area (TPSA) is 70.8 Å². The van der Waals surface area contributed by atoms with Gasteiger partial charge in [0.2, 0.25) is 0 Å². The number of hydrogen-bond donors (Lipinski definition) is 2. The van der Waals surface area contributed by atoms with Crippen molar-refractivity contribution in [3.05, 3.63) is 47.8 Å². The van der Waals surface area contributed by atoms with E-state index in [0.717, 1.165) is 41.3 Å². The normalized spacial score (nSPS) is 11.0. The smallest absolute Gasteiger partial charge is 0.179 e. The zero-order valence-corrected chi connectivity index (χ0v) is 12.3. The van der Waals surface area contributed by atoms with Gasteiger partial charge in [-0.3, -0.25) is 0 Å². The van der Waals surface area contributed by atoms with Crippen LogP contribution in [0.2, 0.25) is 0 Å². The van der Waals surface area contributed by atoms with Gasteiger partial charge in [-0.1, -0.05) is 12.1 Å². The Hall–Kier alpha value is -2.56. The summed E-state index contributed by atoms with van der Waals surface area (Å²) in [5.41, 5.74) is 9.49. The number of hydrogen-bond acceptors (Lipinski definition) is 4. The number of H-pyrrole nitrogens is 1. The van der Waals surface area contributed by atoms with Crippen molar-refractivity contribution in [3.63, 3.8) is 0 Å². The second kappa shape index (κ2) is 5.44. The van der Waals surface area contributed by atoms with Crippen molar-refractivity contribution in [1.82, 2.24) is 15.0 Å². The summed E-state index contributed by atoms with van der Waals surface area (Å²) in [5.74, 6) is 1.88. The van der Waals surface area contributed by atoms with E-state index in [9.17, 15) is 0 Å². The van der Waals surface area contributed by atoms with Gasteiger partial charge in [-0.05, 0) is 36.2 Å². The molecule has 0 aliphatic rings. The van der Waals surface area contributed by atoms with Crippen molar-refractivity contribution in [1.29, 1.82) is 0 Å². The molecule has 5 nitrogen and oxygen atoms in total. The van der Waals surface area contributed by atoms with Crippen LogP contribution in [-0.4, -0.2) is 29.0 Å². The molecule has 0 saturated heterocycles. The first-order valence-corrected chi connectivity index (χ1v) is 6.99. The number of aryl methyl sites for hydroxylation is 2. The number of nitrogens with zero attached hydrogens (tertiary/aromatic N) is 3. The number of pyridine rings is 1. The molecule has 21 heavy (non-hydrogen) atoms. The van der Waals surface area contributed by atoms with Crippen molar-refractivity contribution >= 4 is 22.7 Å². The molecule has 0 radical (unpaired) electrons. The molecule has 0 aliphatic heterocycles. The van der Waals surface area contributed by atoms with Crippen LogP contribution in [0.4, 0.5) is 11.5 Å². The molecule has 1 aromatic carbocycles. The van der Waals surface area contributed by atoms with Crippen LogP contribution < -0.4 is 10.6 Å². The lowest BCUT2D eigenvalue weighted by Gasteiger charge is -2.09. The van der Waals surface area contributed by atoms with Crippen LogP contribution in [0, 0.1) is 0 Å². The number of imidazole rings is 1. The number of rotatable bonds is 4. The van der Waals surface area contributed by atoms with E-state index in [2.05, 4.69) is 27.1 Å². The van der Waals surface area contributed by atoms with Crippen LogP contribution >= 0.6 is 0 Å². The van der Waals surface area contributed by atoms with Gasteiger partial charge in [-0.15, -0.1) is 0 Å². The standard InChI is InChI=1S/C16H19N5/c1-21(2)15-10-8-13-16(20-15)19-14(18-13)9-5-11-3-6-12(17)7-4-11/h3-4,6-8,10H,5,9,17H2,1-2H3,(H,18,19,20). The molecule has 0 fully saturated rings. The molecule has 0 atom stereocenters. The third-order valence-electron chi connectivity index (χ3n) is 3.47. The van der Waals surface area contributed by atoms with Crippen LogP contribution in [0.5, 0.6) is 0 Å². The van der Waals surface area contributed by atoms with Gasteiger partial charge in [0.05, 0.1) is 5.52 Å². The Morgan fingerprint density at radius 2 is 1.76 bits per heavy atom. The Morgan fingerprint density at radius 3 is 2.48 bits per heavy atom. The highest BCUT2D eigenvalue weighted by Crippen LogP contribution is 2.16. The van der Waals surface area contributed by atoms with Crippen molar-refractivity contribution in [2.24, 2.45) is 0 Å². The number of aromatic amines is 1. The van der Waals surface area contributed by atoms with Gasteiger partial charge in [0.1, 0.15) is 11.6 Å². The van der Waals surface area contributed by atoms with Gasteiger partial charge in [-0.2, -0.15) is 0 Å². The molecular formula is C16H19N5. The average Bonchev–Trinajstić information content (AvgIpc) is 2.88. The predicted molar refractivity (Wildman–Crippen MR) is 86.5 cm³/mol. The van der Waals surface area contributed by atoms with Crippen LogP contribution in [0.1, 0.15) is 11.4 Å². The Morgan fingerprint density at radius 1 is 1.00 bits per heavy atom. The molecule has 0 amide bonds. The van der Waals surface area contributed by atoms with E-state index in [0.29, 0.717) is 0 Å². The first-order chi connectivity index (χ1) is 10.1. The maximum absolute atomic E-state index is 5.69. The fourth-order valence-corrected chi connectivity index (χ4v) is 2.25. The fourth-order valence-electron chi connectivity index (χ4n) is 2.25. The van der Waals surface area contributed by atoms with E-state index in [-0.39, 0.29) is 0 Å². The SMILES string of the molecule is CN(C)c1ccc2[nH]c(CCc3ccc(N)cc3)nc2n1. The fraction of sp³-hybridized carbons (Fsp3) is 0.250. The first kappa shape index (κ1) is 13.4. The first-order valence-electron chi connectivity index (χ1n) is 6.99. The quantitative estimate of drug-likeness (QED) is 0.720. The van der Waals surface area contributed by atoms with Crippen molar-refractivity contribution in [2.75, 3.05) is 24.7 Å². The van der Waals surface area contributed by atoms with E-state index in [1.165, 1.54) is 5.56 Å². The van der Waals surface area contributed by atoms with Gasteiger partial charge in [0, 0.05) is 26.2 Å².